The van der Waals surface area contributed by atoms with Gasteiger partial charge >= 0.3 is 0 Å². The van der Waals surface area contributed by atoms with Crippen LogP contribution in [0.1, 0.15) is 19.3 Å². The average Bonchev–Trinajstić information content (AvgIpc) is 3.02. The number of fused-ring (bicyclic) bond motifs is 1. The second-order valence-electron chi connectivity index (χ2n) is 5.13. The van der Waals surface area contributed by atoms with E-state index >= 15 is 0 Å². The minimum atomic E-state index is 0.130. The van der Waals surface area contributed by atoms with Crippen molar-refractivity contribution in [1.29, 1.82) is 0 Å². The molecule has 0 amide bonds. The number of benzene rings is 1. The van der Waals surface area contributed by atoms with E-state index in [4.69, 9.17) is 10.9 Å². The van der Waals surface area contributed by atoms with Crippen molar-refractivity contribution >= 4 is 16.7 Å². The summed E-state index contributed by atoms with van der Waals surface area (Å²) < 4.78 is 2.02. The van der Waals surface area contributed by atoms with Crippen LogP contribution in [-0.4, -0.2) is 20.8 Å². The van der Waals surface area contributed by atoms with Crippen LogP contribution in [0, 0.1) is 5.41 Å². The van der Waals surface area contributed by atoms with Gasteiger partial charge in [-0.05, 0) is 24.3 Å². The maximum atomic E-state index is 8.66. The largest absolute Gasteiger partial charge is 0.409 e. The fraction of sp³-hybridized carbons (Fsp3) is 0.385. The van der Waals surface area contributed by atoms with E-state index in [0.29, 0.717) is 12.3 Å². The van der Waals surface area contributed by atoms with Crippen LogP contribution in [0.25, 0.3) is 10.9 Å². The number of aromatic nitrogens is 2. The number of nitrogens with zero attached hydrogens (tertiary/aromatic N) is 3. The highest BCUT2D eigenvalue weighted by molar-refractivity contribution is 5.81. The highest BCUT2D eigenvalue weighted by Crippen LogP contribution is 2.50. The Morgan fingerprint density at radius 3 is 2.94 bits per heavy atom. The molecule has 94 valence electrons. The monoisotopic (exact) mass is 244 g/mol. The van der Waals surface area contributed by atoms with Crippen molar-refractivity contribution in [1.82, 2.24) is 9.78 Å². The van der Waals surface area contributed by atoms with Crippen LogP contribution in [0.5, 0.6) is 0 Å². The van der Waals surface area contributed by atoms with Gasteiger partial charge in [0.2, 0.25) is 0 Å². The van der Waals surface area contributed by atoms with E-state index in [-0.39, 0.29) is 5.41 Å². The molecule has 0 bridgehead atoms. The molecule has 1 aromatic heterocycles. The van der Waals surface area contributed by atoms with Gasteiger partial charge in [-0.1, -0.05) is 23.4 Å². The number of rotatable bonds is 4. The summed E-state index contributed by atoms with van der Waals surface area (Å²) in [4.78, 5) is 0. The Kier molecular flexibility index (Phi) is 2.47. The molecule has 1 aliphatic carbocycles. The van der Waals surface area contributed by atoms with E-state index in [0.717, 1.165) is 30.3 Å². The second-order valence-corrected chi connectivity index (χ2v) is 5.13. The zero-order chi connectivity index (χ0) is 12.6. The van der Waals surface area contributed by atoms with Gasteiger partial charge in [0, 0.05) is 18.4 Å². The molecule has 0 spiro atoms. The third-order valence-corrected chi connectivity index (χ3v) is 3.68. The normalized spacial score (nSPS) is 18.1. The number of oxime groups is 1. The van der Waals surface area contributed by atoms with Crippen LogP contribution < -0.4 is 5.73 Å². The smallest absolute Gasteiger partial charge is 0.139 e. The molecule has 1 fully saturated rings. The molecule has 2 aromatic rings. The molecule has 1 heterocycles. The molecule has 5 heteroatoms. The van der Waals surface area contributed by atoms with E-state index in [1.807, 2.05) is 23.0 Å². The minimum absolute atomic E-state index is 0.130. The summed E-state index contributed by atoms with van der Waals surface area (Å²) in [5.41, 5.74) is 6.88. The third-order valence-electron chi connectivity index (χ3n) is 3.68. The van der Waals surface area contributed by atoms with E-state index in [2.05, 4.69) is 22.4 Å². The fourth-order valence-corrected chi connectivity index (χ4v) is 2.46. The summed E-state index contributed by atoms with van der Waals surface area (Å²) in [7, 11) is 0. The Morgan fingerprint density at radius 2 is 2.22 bits per heavy atom. The molecular formula is C13H16N4O. The van der Waals surface area contributed by atoms with Crippen LogP contribution in [0.15, 0.2) is 35.6 Å². The Morgan fingerprint density at radius 1 is 1.44 bits per heavy atom. The SMILES string of the molecule is NC(CC1(Cn2ncc3ccccc32)CC1)=NO. The summed E-state index contributed by atoms with van der Waals surface area (Å²) in [6, 6.07) is 8.16. The molecule has 1 aliphatic rings. The van der Waals surface area contributed by atoms with Crippen molar-refractivity contribution < 1.29 is 5.21 Å². The lowest BCUT2D eigenvalue weighted by molar-refractivity contribution is 0.312. The van der Waals surface area contributed by atoms with Crippen molar-refractivity contribution in [2.45, 2.75) is 25.8 Å². The van der Waals surface area contributed by atoms with Crippen molar-refractivity contribution in [3.05, 3.63) is 30.5 Å². The van der Waals surface area contributed by atoms with Crippen molar-refractivity contribution in [2.75, 3.05) is 0 Å². The van der Waals surface area contributed by atoms with Gasteiger partial charge < -0.3 is 10.9 Å². The maximum absolute atomic E-state index is 8.66. The van der Waals surface area contributed by atoms with E-state index < -0.39 is 0 Å². The lowest BCUT2D eigenvalue weighted by Gasteiger charge is -2.14. The third kappa shape index (κ3) is 1.92. The summed E-state index contributed by atoms with van der Waals surface area (Å²) in [5.74, 6) is 0.309. The van der Waals surface area contributed by atoms with Gasteiger partial charge in [0.1, 0.15) is 5.84 Å². The molecule has 5 nitrogen and oxygen atoms in total. The Labute approximate surface area is 105 Å². The van der Waals surface area contributed by atoms with Gasteiger partial charge in [0.15, 0.2) is 0 Å². The first-order chi connectivity index (χ1) is 8.72. The zero-order valence-electron chi connectivity index (χ0n) is 10.1. The molecule has 0 aliphatic heterocycles. The summed E-state index contributed by atoms with van der Waals surface area (Å²) in [6.07, 6.45) is 4.74. The van der Waals surface area contributed by atoms with E-state index in [1.54, 1.807) is 0 Å². The molecule has 0 unspecified atom stereocenters. The summed E-state index contributed by atoms with van der Waals surface area (Å²) in [5, 5.41) is 17.3. The highest BCUT2D eigenvalue weighted by atomic mass is 16.4. The van der Waals surface area contributed by atoms with Crippen molar-refractivity contribution in [3.8, 4) is 0 Å². The fourth-order valence-electron chi connectivity index (χ4n) is 2.46. The topological polar surface area (TPSA) is 76.4 Å². The van der Waals surface area contributed by atoms with Gasteiger partial charge in [0.25, 0.3) is 0 Å². The van der Waals surface area contributed by atoms with Crippen molar-refractivity contribution in [3.63, 3.8) is 0 Å². The number of hydrogen-bond donors (Lipinski definition) is 2. The van der Waals surface area contributed by atoms with Crippen LogP contribution in [-0.2, 0) is 6.54 Å². The predicted octanol–water partition coefficient (Wildman–Crippen LogP) is 1.95. The summed E-state index contributed by atoms with van der Waals surface area (Å²) in [6.45, 7) is 0.830. The Balaban J connectivity index is 1.84. The van der Waals surface area contributed by atoms with Gasteiger partial charge in [0.05, 0.1) is 11.7 Å². The molecule has 18 heavy (non-hydrogen) atoms. The van der Waals surface area contributed by atoms with Gasteiger partial charge in [-0.3, -0.25) is 4.68 Å². The van der Waals surface area contributed by atoms with Gasteiger partial charge in [-0.25, -0.2) is 0 Å². The molecule has 3 rings (SSSR count). The zero-order valence-corrected chi connectivity index (χ0v) is 10.1. The number of nitrogens with two attached hydrogens (primary N) is 1. The van der Waals surface area contributed by atoms with Crippen LogP contribution in [0.2, 0.25) is 0 Å². The van der Waals surface area contributed by atoms with Gasteiger partial charge in [-0.2, -0.15) is 5.10 Å². The lowest BCUT2D eigenvalue weighted by atomic mass is 10.0. The second kappa shape index (κ2) is 4.01. The first-order valence-corrected chi connectivity index (χ1v) is 6.09. The van der Waals surface area contributed by atoms with E-state index in [9.17, 15) is 0 Å². The average molecular weight is 244 g/mol. The van der Waals surface area contributed by atoms with Gasteiger partial charge in [-0.15, -0.1) is 0 Å². The quantitative estimate of drug-likeness (QED) is 0.373. The molecule has 1 aromatic carbocycles. The van der Waals surface area contributed by atoms with Crippen LogP contribution in [0.4, 0.5) is 0 Å². The summed E-state index contributed by atoms with van der Waals surface area (Å²) >= 11 is 0. The predicted molar refractivity (Wildman–Crippen MR) is 69.4 cm³/mol. The molecule has 3 N–H and O–H groups in total. The molecular weight excluding hydrogens is 228 g/mol. The standard InChI is InChI=1S/C13H16N4O/c14-12(16-18)7-13(5-6-13)9-17-11-4-2-1-3-10(11)8-15-17/h1-4,8,18H,5-7,9H2,(H2,14,16). The highest BCUT2D eigenvalue weighted by Gasteiger charge is 2.44. The Bertz CT molecular complexity index is 598. The lowest BCUT2D eigenvalue weighted by Crippen LogP contribution is -2.22. The Hall–Kier alpha value is -2.04. The molecule has 0 radical (unpaired) electrons. The molecule has 0 saturated heterocycles. The number of para-hydroxylation sites is 1. The molecule has 1 saturated carbocycles. The first-order valence-electron chi connectivity index (χ1n) is 6.09. The number of hydrogen-bond acceptors (Lipinski definition) is 3. The first kappa shape index (κ1) is 11.1. The minimum Gasteiger partial charge on any atom is -0.409 e. The van der Waals surface area contributed by atoms with E-state index in [1.165, 1.54) is 0 Å². The van der Waals surface area contributed by atoms with Crippen LogP contribution >= 0.6 is 0 Å². The molecule has 0 atom stereocenters. The maximum Gasteiger partial charge on any atom is 0.139 e. The van der Waals surface area contributed by atoms with Crippen LogP contribution in [0.3, 0.4) is 0 Å². The van der Waals surface area contributed by atoms with Crippen molar-refractivity contribution in [2.24, 2.45) is 16.3 Å². The number of amidine groups is 1.